The van der Waals surface area contributed by atoms with Crippen LogP contribution in [-0.2, 0) is 13.9 Å². The van der Waals surface area contributed by atoms with E-state index in [0.29, 0.717) is 0 Å². The van der Waals surface area contributed by atoms with Crippen molar-refractivity contribution in [3.63, 3.8) is 0 Å². The summed E-state index contributed by atoms with van der Waals surface area (Å²) in [6.07, 6.45) is -1.42. The lowest BCUT2D eigenvalue weighted by Crippen LogP contribution is -2.24. The fourth-order valence-corrected chi connectivity index (χ4v) is 0.971. The van der Waals surface area contributed by atoms with Crippen LogP contribution in [0.25, 0.3) is 0 Å². The third-order valence-corrected chi connectivity index (χ3v) is 1.43. The summed E-state index contributed by atoms with van der Waals surface area (Å²) >= 11 is 0. The molecular weight excluding hydrogens is 209 g/mol. The molecule has 0 aliphatic heterocycles. The molecule has 0 aromatic rings. The Balaban J connectivity index is 3.90. The number of nitrogens with zero attached hydrogens (tertiary/aromatic N) is 1. The van der Waals surface area contributed by atoms with Crippen LogP contribution in [0.15, 0.2) is 0 Å². The first kappa shape index (κ1) is 12.3. The Morgan fingerprint density at radius 3 is 2.38 bits per heavy atom. The van der Waals surface area contributed by atoms with Crippen LogP contribution >= 0.6 is 7.82 Å². The maximum Gasteiger partial charge on any atom is 0.469 e. The highest BCUT2D eigenvalue weighted by atomic mass is 31.2. The van der Waals surface area contributed by atoms with Crippen LogP contribution in [0.2, 0.25) is 0 Å². The summed E-state index contributed by atoms with van der Waals surface area (Å²) in [5.41, 5.74) is 0. The van der Waals surface area contributed by atoms with Crippen LogP contribution in [-0.4, -0.2) is 39.3 Å². The van der Waals surface area contributed by atoms with E-state index in [0.717, 1.165) is 0 Å². The minimum absolute atomic E-state index is 0.741. The molecule has 3 N–H and O–H groups in total. The molecule has 0 fully saturated rings. The van der Waals surface area contributed by atoms with Crippen molar-refractivity contribution in [3.8, 4) is 0 Å². The lowest BCUT2D eigenvalue weighted by Gasteiger charge is -2.13. The number of hydrogen-bond acceptors (Lipinski definition) is 6. The van der Waals surface area contributed by atoms with E-state index in [1.807, 2.05) is 0 Å². The summed E-state index contributed by atoms with van der Waals surface area (Å²) in [7, 11) is -4.76. The van der Waals surface area contributed by atoms with E-state index in [1.165, 1.54) is 0 Å². The SMILES string of the molecule is O=[N+]([O-])OCC(CO)OP(=O)(O)O. The fraction of sp³-hybridized carbons (Fsp3) is 1.00. The van der Waals surface area contributed by atoms with Crippen molar-refractivity contribution >= 4 is 7.82 Å². The van der Waals surface area contributed by atoms with Gasteiger partial charge in [0.2, 0.25) is 0 Å². The normalized spacial score (nSPS) is 13.8. The van der Waals surface area contributed by atoms with Gasteiger partial charge in [-0.05, 0) is 0 Å². The van der Waals surface area contributed by atoms with E-state index in [9.17, 15) is 14.7 Å². The fourth-order valence-electron chi connectivity index (χ4n) is 0.455. The molecule has 78 valence electrons. The Morgan fingerprint density at radius 2 is 2.08 bits per heavy atom. The number of aliphatic hydroxyl groups excluding tert-OH is 1. The van der Waals surface area contributed by atoms with Gasteiger partial charge in [-0.2, -0.15) is 0 Å². The third-order valence-electron chi connectivity index (χ3n) is 0.856. The summed E-state index contributed by atoms with van der Waals surface area (Å²) in [6.45, 7) is -1.53. The standard InChI is InChI=1S/C3H8NO8P/c5-1-3(2-11-4(6)7)12-13(8,9)10/h3,5H,1-2H2,(H2,8,9,10). The molecule has 1 unspecified atom stereocenters. The van der Waals surface area contributed by atoms with Gasteiger partial charge in [0.05, 0.1) is 6.61 Å². The molecular formula is C3H8NO8P. The quantitative estimate of drug-likeness (QED) is 0.282. The Kier molecular flexibility index (Phi) is 4.81. The first-order chi connectivity index (χ1) is 5.85. The average Bonchev–Trinajstić information content (AvgIpc) is 1.95. The van der Waals surface area contributed by atoms with Crippen molar-refractivity contribution in [1.29, 1.82) is 0 Å². The second kappa shape index (κ2) is 5.10. The molecule has 0 heterocycles. The van der Waals surface area contributed by atoms with E-state index < -0.39 is 32.2 Å². The summed E-state index contributed by atoms with van der Waals surface area (Å²) in [4.78, 5) is 29.8. The van der Waals surface area contributed by atoms with Crippen LogP contribution in [0, 0.1) is 10.1 Å². The Hall–Kier alpha value is -0.730. The summed E-state index contributed by atoms with van der Waals surface area (Å²) in [5, 5.41) is 16.9. The van der Waals surface area contributed by atoms with Crippen LogP contribution in [0.3, 0.4) is 0 Å². The van der Waals surface area contributed by atoms with E-state index in [2.05, 4.69) is 9.36 Å². The zero-order chi connectivity index (χ0) is 10.5. The first-order valence-corrected chi connectivity index (χ1v) is 4.50. The van der Waals surface area contributed by atoms with Crippen molar-refractivity contribution in [2.45, 2.75) is 6.10 Å². The van der Waals surface area contributed by atoms with Crippen molar-refractivity contribution < 1.29 is 33.9 Å². The maximum atomic E-state index is 10.2. The van der Waals surface area contributed by atoms with Gasteiger partial charge in [0, 0.05) is 0 Å². The second-order valence-electron chi connectivity index (χ2n) is 1.92. The molecule has 9 nitrogen and oxygen atoms in total. The molecule has 0 saturated carbocycles. The number of rotatable bonds is 6. The molecule has 0 amide bonds. The molecule has 0 aliphatic carbocycles. The molecule has 0 saturated heterocycles. The van der Waals surface area contributed by atoms with Gasteiger partial charge in [-0.25, -0.2) is 4.57 Å². The molecule has 0 aromatic heterocycles. The third kappa shape index (κ3) is 7.62. The average molecular weight is 217 g/mol. The Morgan fingerprint density at radius 1 is 1.54 bits per heavy atom. The minimum Gasteiger partial charge on any atom is -0.394 e. The largest absolute Gasteiger partial charge is 0.469 e. The van der Waals surface area contributed by atoms with Crippen LogP contribution in [0.4, 0.5) is 0 Å². The highest BCUT2D eigenvalue weighted by Gasteiger charge is 2.22. The van der Waals surface area contributed by atoms with Gasteiger partial charge in [-0.15, -0.1) is 10.1 Å². The first-order valence-electron chi connectivity index (χ1n) is 2.97. The zero-order valence-electron chi connectivity index (χ0n) is 6.27. The molecule has 0 spiro atoms. The number of hydrogen-bond donors (Lipinski definition) is 3. The zero-order valence-corrected chi connectivity index (χ0v) is 7.16. The predicted molar refractivity (Wildman–Crippen MR) is 36.9 cm³/mol. The summed E-state index contributed by atoms with van der Waals surface area (Å²) < 4.78 is 14.1. The predicted octanol–water partition coefficient (Wildman–Crippen LogP) is -1.34. The van der Waals surface area contributed by atoms with Gasteiger partial charge in [-0.1, -0.05) is 0 Å². The van der Waals surface area contributed by atoms with Crippen molar-refractivity contribution in [2.75, 3.05) is 13.2 Å². The van der Waals surface area contributed by atoms with Gasteiger partial charge >= 0.3 is 7.82 Å². The Labute approximate surface area is 72.2 Å². The number of phosphoric ester groups is 1. The lowest BCUT2D eigenvalue weighted by molar-refractivity contribution is -0.759. The van der Waals surface area contributed by atoms with E-state index in [-0.39, 0.29) is 0 Å². The topological polar surface area (TPSA) is 139 Å². The minimum atomic E-state index is -4.76. The van der Waals surface area contributed by atoms with Gasteiger partial charge < -0.3 is 19.7 Å². The van der Waals surface area contributed by atoms with Crippen molar-refractivity contribution in [1.82, 2.24) is 0 Å². The monoisotopic (exact) mass is 217 g/mol. The maximum absolute atomic E-state index is 10.2. The van der Waals surface area contributed by atoms with Crippen LogP contribution < -0.4 is 0 Å². The smallest absolute Gasteiger partial charge is 0.394 e. The van der Waals surface area contributed by atoms with Gasteiger partial charge in [0.1, 0.15) is 12.7 Å². The van der Waals surface area contributed by atoms with E-state index in [1.54, 1.807) is 0 Å². The van der Waals surface area contributed by atoms with Crippen LogP contribution in [0.1, 0.15) is 0 Å². The highest BCUT2D eigenvalue weighted by Crippen LogP contribution is 2.37. The second-order valence-corrected chi connectivity index (χ2v) is 3.11. The molecule has 1 atom stereocenters. The van der Waals surface area contributed by atoms with Gasteiger partial charge in [0.15, 0.2) is 0 Å². The van der Waals surface area contributed by atoms with E-state index >= 15 is 0 Å². The molecule has 13 heavy (non-hydrogen) atoms. The van der Waals surface area contributed by atoms with Gasteiger partial charge in [-0.3, -0.25) is 4.52 Å². The molecule has 0 aromatic carbocycles. The summed E-state index contributed by atoms with van der Waals surface area (Å²) in [6, 6.07) is 0. The molecule has 0 aliphatic rings. The van der Waals surface area contributed by atoms with Crippen LogP contribution in [0.5, 0.6) is 0 Å². The molecule has 0 radical (unpaired) electrons. The van der Waals surface area contributed by atoms with E-state index in [4.69, 9.17) is 14.9 Å². The Bertz CT molecular complexity index is 211. The number of aliphatic hydroxyl groups is 1. The molecule has 10 heteroatoms. The van der Waals surface area contributed by atoms with Crippen molar-refractivity contribution in [3.05, 3.63) is 10.1 Å². The summed E-state index contributed by atoms with van der Waals surface area (Å²) in [5.74, 6) is 0. The highest BCUT2D eigenvalue weighted by molar-refractivity contribution is 7.46. The molecule has 0 rings (SSSR count). The van der Waals surface area contributed by atoms with Gasteiger partial charge in [0.25, 0.3) is 5.09 Å². The van der Waals surface area contributed by atoms with Crippen molar-refractivity contribution in [2.24, 2.45) is 0 Å². The number of phosphoric acid groups is 1. The molecule has 0 bridgehead atoms. The lowest BCUT2D eigenvalue weighted by atomic mass is 10.4.